The highest BCUT2D eigenvalue weighted by atomic mass is 19.4. The first-order valence-corrected chi connectivity index (χ1v) is 13.3. The third-order valence-corrected chi connectivity index (χ3v) is 7.94. The first kappa shape index (κ1) is 25.5. The Bertz CT molecular complexity index is 1380. The van der Waals surface area contributed by atoms with Crippen LogP contribution in [0.1, 0.15) is 54.0 Å². The van der Waals surface area contributed by atoms with Gasteiger partial charge in [0.1, 0.15) is 5.69 Å². The molecule has 11 heteroatoms. The number of hydrogen-bond donors (Lipinski definition) is 0. The van der Waals surface area contributed by atoms with Crippen molar-refractivity contribution in [1.82, 2.24) is 19.7 Å². The molecule has 4 heterocycles. The molecule has 0 spiro atoms. The number of methoxy groups -OCH3 is 1. The molecule has 206 valence electrons. The van der Waals surface area contributed by atoms with E-state index in [4.69, 9.17) is 4.74 Å². The van der Waals surface area contributed by atoms with Crippen molar-refractivity contribution >= 4 is 17.5 Å². The van der Waals surface area contributed by atoms with Crippen LogP contribution in [0.3, 0.4) is 0 Å². The van der Waals surface area contributed by atoms with E-state index in [1.54, 1.807) is 19.4 Å². The Labute approximate surface area is 225 Å². The minimum absolute atomic E-state index is 0.0468. The maximum Gasteiger partial charge on any atom is 0.416 e. The van der Waals surface area contributed by atoms with Gasteiger partial charge < -0.3 is 14.5 Å². The molecule has 1 saturated carbocycles. The number of halogens is 3. The molecule has 0 bridgehead atoms. The number of pyridine rings is 1. The summed E-state index contributed by atoms with van der Waals surface area (Å²) in [5.41, 5.74) is 2.23. The van der Waals surface area contributed by atoms with Gasteiger partial charge >= 0.3 is 12.2 Å². The number of aromatic nitrogens is 3. The summed E-state index contributed by atoms with van der Waals surface area (Å²) >= 11 is 0. The number of alkyl halides is 3. The van der Waals surface area contributed by atoms with Crippen LogP contribution < -0.4 is 14.5 Å². The number of urea groups is 1. The third-order valence-electron chi connectivity index (χ3n) is 7.94. The third kappa shape index (κ3) is 4.79. The fourth-order valence-corrected chi connectivity index (χ4v) is 5.78. The summed E-state index contributed by atoms with van der Waals surface area (Å²) in [4.78, 5) is 23.8. The van der Waals surface area contributed by atoms with Gasteiger partial charge in [0.2, 0.25) is 5.88 Å². The zero-order chi connectivity index (χ0) is 27.3. The number of carbonyl (C=O) groups excluding carboxylic acids is 1. The average Bonchev–Trinajstić information content (AvgIpc) is 3.69. The highest BCUT2D eigenvalue weighted by Gasteiger charge is 2.41. The highest BCUT2D eigenvalue weighted by Crippen LogP contribution is 2.40. The molecule has 3 aliphatic rings. The van der Waals surface area contributed by atoms with E-state index in [0.717, 1.165) is 48.6 Å². The highest BCUT2D eigenvalue weighted by molar-refractivity contribution is 5.94. The lowest BCUT2D eigenvalue weighted by atomic mass is 10.00. The van der Waals surface area contributed by atoms with Crippen LogP contribution in [0, 0.1) is 6.92 Å². The second-order valence-electron chi connectivity index (χ2n) is 10.5. The standard InChI is InChI=1S/C28H31F3N6O2/c1-18-9-12-32-26(39-2)24(18)34-13-10-21(11-14-34)35-16-20-17-37(22-7-8-22)33-25(20)36(27(35)38)15-19-5-3-4-6-23(19)28(29,30)31/h3-6,9,12,17,21-22H,7-8,10-11,13-16H2,1-2H3. The summed E-state index contributed by atoms with van der Waals surface area (Å²) < 4.78 is 48.7. The van der Waals surface area contributed by atoms with Gasteiger partial charge in [-0.25, -0.2) is 9.78 Å². The number of amides is 2. The number of anilines is 2. The molecular formula is C28H31F3N6O2. The number of piperidine rings is 1. The second-order valence-corrected chi connectivity index (χ2v) is 10.5. The lowest BCUT2D eigenvalue weighted by Gasteiger charge is -2.43. The van der Waals surface area contributed by atoms with E-state index < -0.39 is 11.7 Å². The summed E-state index contributed by atoms with van der Waals surface area (Å²) in [6, 6.07) is 7.35. The molecular weight excluding hydrogens is 509 g/mol. The van der Waals surface area contributed by atoms with Crippen LogP contribution in [0.5, 0.6) is 5.88 Å². The van der Waals surface area contributed by atoms with Gasteiger partial charge in [-0.2, -0.15) is 18.3 Å². The summed E-state index contributed by atoms with van der Waals surface area (Å²) in [5.74, 6) is 1.04. The molecule has 6 rings (SSSR count). The second kappa shape index (κ2) is 9.77. The van der Waals surface area contributed by atoms with Gasteiger partial charge in [-0.05, 0) is 55.9 Å². The molecule has 2 aliphatic heterocycles. The number of rotatable bonds is 6. The van der Waals surface area contributed by atoms with Crippen LogP contribution in [0.4, 0.5) is 29.5 Å². The zero-order valence-corrected chi connectivity index (χ0v) is 22.0. The van der Waals surface area contributed by atoms with E-state index >= 15 is 0 Å². The van der Waals surface area contributed by atoms with E-state index in [2.05, 4.69) is 15.0 Å². The SMILES string of the molecule is COc1nccc(C)c1N1CCC(N2Cc3cn(C4CC4)nc3N(Cc3ccccc3C(F)(F)F)C2=O)CC1. The van der Waals surface area contributed by atoms with Crippen LogP contribution in [0.2, 0.25) is 0 Å². The van der Waals surface area contributed by atoms with Gasteiger partial charge in [0.25, 0.3) is 0 Å². The number of hydrogen-bond acceptors (Lipinski definition) is 5. The van der Waals surface area contributed by atoms with E-state index in [1.165, 1.54) is 17.0 Å². The molecule has 2 aromatic heterocycles. The van der Waals surface area contributed by atoms with Gasteiger partial charge in [0.05, 0.1) is 31.8 Å². The molecule has 3 aromatic rings. The molecule has 8 nitrogen and oxygen atoms in total. The lowest BCUT2D eigenvalue weighted by Crippen LogP contribution is -2.54. The van der Waals surface area contributed by atoms with E-state index in [1.807, 2.05) is 28.8 Å². The quantitative estimate of drug-likeness (QED) is 0.410. The fraction of sp³-hybridized carbons (Fsp3) is 0.464. The largest absolute Gasteiger partial charge is 0.480 e. The summed E-state index contributed by atoms with van der Waals surface area (Å²) in [6.07, 6.45) is 2.67. The molecule has 1 aromatic carbocycles. The fourth-order valence-electron chi connectivity index (χ4n) is 5.78. The van der Waals surface area contributed by atoms with Gasteiger partial charge in [0, 0.05) is 37.1 Å². The van der Waals surface area contributed by atoms with Crippen LogP contribution in [-0.2, 0) is 19.3 Å². The Hall–Kier alpha value is -3.76. The van der Waals surface area contributed by atoms with Crippen molar-refractivity contribution in [1.29, 1.82) is 0 Å². The molecule has 39 heavy (non-hydrogen) atoms. The summed E-state index contributed by atoms with van der Waals surface area (Å²) in [5, 5.41) is 4.68. The van der Waals surface area contributed by atoms with Crippen molar-refractivity contribution in [2.75, 3.05) is 30.0 Å². The molecule has 1 saturated heterocycles. The molecule has 0 atom stereocenters. The van der Waals surface area contributed by atoms with E-state index in [0.29, 0.717) is 37.4 Å². The smallest absolute Gasteiger partial charge is 0.416 e. The molecule has 0 unspecified atom stereocenters. The predicted molar refractivity (Wildman–Crippen MR) is 140 cm³/mol. The van der Waals surface area contributed by atoms with Gasteiger partial charge in [-0.3, -0.25) is 9.58 Å². The first-order valence-electron chi connectivity index (χ1n) is 13.3. The van der Waals surface area contributed by atoms with Crippen LogP contribution >= 0.6 is 0 Å². The minimum atomic E-state index is -4.51. The molecule has 0 N–H and O–H groups in total. The summed E-state index contributed by atoms with van der Waals surface area (Å²) in [7, 11) is 1.61. The molecule has 2 amide bonds. The van der Waals surface area contributed by atoms with Gasteiger partial charge in [-0.1, -0.05) is 18.2 Å². The number of nitrogens with zero attached hydrogens (tertiary/aromatic N) is 6. The zero-order valence-electron chi connectivity index (χ0n) is 22.0. The maximum atomic E-state index is 13.9. The Morgan fingerprint density at radius 1 is 1.05 bits per heavy atom. The van der Waals surface area contributed by atoms with Crippen molar-refractivity contribution in [3.05, 3.63) is 65.0 Å². The molecule has 0 radical (unpaired) electrons. The minimum Gasteiger partial charge on any atom is -0.480 e. The number of benzene rings is 1. The van der Waals surface area contributed by atoms with Crippen molar-refractivity contribution in [3.8, 4) is 5.88 Å². The Kier molecular flexibility index (Phi) is 6.39. The number of aryl methyl sites for hydroxylation is 1. The topological polar surface area (TPSA) is 66.7 Å². The normalized spacial score (nSPS) is 18.5. The van der Waals surface area contributed by atoms with E-state index in [-0.39, 0.29) is 24.2 Å². The van der Waals surface area contributed by atoms with Gasteiger partial charge in [-0.15, -0.1) is 0 Å². The van der Waals surface area contributed by atoms with Crippen LogP contribution in [0.15, 0.2) is 42.7 Å². The van der Waals surface area contributed by atoms with Crippen molar-refractivity contribution in [2.45, 2.75) is 64.0 Å². The van der Waals surface area contributed by atoms with Crippen LogP contribution in [-0.4, -0.2) is 51.9 Å². The van der Waals surface area contributed by atoms with Crippen molar-refractivity contribution in [2.24, 2.45) is 0 Å². The molecule has 1 aliphatic carbocycles. The van der Waals surface area contributed by atoms with Gasteiger partial charge in [0.15, 0.2) is 5.82 Å². The Morgan fingerprint density at radius 3 is 2.49 bits per heavy atom. The van der Waals surface area contributed by atoms with Crippen molar-refractivity contribution < 1.29 is 22.7 Å². The lowest BCUT2D eigenvalue weighted by molar-refractivity contribution is -0.138. The maximum absolute atomic E-state index is 13.9. The number of ether oxygens (including phenoxy) is 1. The van der Waals surface area contributed by atoms with Crippen LogP contribution in [0.25, 0.3) is 0 Å². The molecule has 2 fully saturated rings. The first-order chi connectivity index (χ1) is 18.7. The number of fused-ring (bicyclic) bond motifs is 1. The van der Waals surface area contributed by atoms with Crippen molar-refractivity contribution in [3.63, 3.8) is 0 Å². The predicted octanol–water partition coefficient (Wildman–Crippen LogP) is 5.56. The van der Waals surface area contributed by atoms with E-state index in [9.17, 15) is 18.0 Å². The monoisotopic (exact) mass is 540 g/mol. The Morgan fingerprint density at radius 2 is 1.79 bits per heavy atom. The average molecular weight is 541 g/mol. The number of carbonyl (C=O) groups is 1. The Balaban J connectivity index is 1.27. The summed E-state index contributed by atoms with van der Waals surface area (Å²) in [6.45, 7) is 3.66.